The number of ether oxygens (including phenoxy) is 1. The maximum atomic E-state index is 13.7. The Kier molecular flexibility index (Phi) is 5.14. The van der Waals surface area contributed by atoms with Gasteiger partial charge in [-0.05, 0) is 30.9 Å². The monoisotopic (exact) mass is 337 g/mol. The molecule has 1 aromatic heterocycles. The molecule has 0 bridgehead atoms. The van der Waals surface area contributed by atoms with E-state index in [2.05, 4.69) is 15.5 Å². The summed E-state index contributed by atoms with van der Waals surface area (Å²) >= 11 is 0. The molecule has 1 saturated heterocycles. The topological polar surface area (TPSA) is 77.2 Å². The van der Waals surface area contributed by atoms with E-state index in [0.717, 1.165) is 31.6 Å². The molecular formula is C16H17F2N3O3. The highest BCUT2D eigenvalue weighted by Gasteiger charge is 2.20. The second kappa shape index (κ2) is 7.48. The van der Waals surface area contributed by atoms with E-state index < -0.39 is 11.6 Å². The molecule has 1 unspecified atom stereocenters. The largest absolute Gasteiger partial charge is 0.381 e. The van der Waals surface area contributed by atoms with Gasteiger partial charge in [0.25, 0.3) is 5.89 Å². The van der Waals surface area contributed by atoms with Gasteiger partial charge in [0, 0.05) is 19.6 Å². The third-order valence-corrected chi connectivity index (χ3v) is 3.82. The first-order chi connectivity index (χ1) is 11.6. The predicted molar refractivity (Wildman–Crippen MR) is 79.7 cm³/mol. The minimum absolute atomic E-state index is 0.0337. The molecule has 1 aliphatic rings. The standard InChI is InChI=1S/C16H17F2N3O3/c17-11-4-1-5-12(18)15(11)16-20-13(21-24-16)8-19-14(22)7-10-3-2-6-23-9-10/h1,4-5,10H,2-3,6-9H2,(H,19,22). The van der Waals surface area contributed by atoms with Crippen LogP contribution in [0.3, 0.4) is 0 Å². The summed E-state index contributed by atoms with van der Waals surface area (Å²) in [5.41, 5.74) is -0.373. The Morgan fingerprint density at radius 3 is 2.83 bits per heavy atom. The number of carbonyl (C=O) groups is 1. The molecule has 6 nitrogen and oxygen atoms in total. The van der Waals surface area contributed by atoms with Crippen LogP contribution in [0.5, 0.6) is 0 Å². The van der Waals surface area contributed by atoms with Gasteiger partial charge in [0.2, 0.25) is 5.91 Å². The second-order valence-corrected chi connectivity index (χ2v) is 5.68. The zero-order valence-corrected chi connectivity index (χ0v) is 12.9. The number of benzene rings is 1. The molecule has 3 rings (SSSR count). The van der Waals surface area contributed by atoms with Crippen LogP contribution in [-0.4, -0.2) is 29.3 Å². The van der Waals surface area contributed by atoms with Gasteiger partial charge in [0.1, 0.15) is 17.2 Å². The summed E-state index contributed by atoms with van der Waals surface area (Å²) < 4.78 is 37.6. The van der Waals surface area contributed by atoms with Gasteiger partial charge in [-0.25, -0.2) is 8.78 Å². The zero-order valence-electron chi connectivity index (χ0n) is 12.9. The number of rotatable bonds is 5. The highest BCUT2D eigenvalue weighted by molar-refractivity contribution is 5.76. The molecule has 0 saturated carbocycles. The fraction of sp³-hybridized carbons (Fsp3) is 0.438. The molecule has 1 amide bonds. The molecule has 24 heavy (non-hydrogen) atoms. The van der Waals surface area contributed by atoms with Gasteiger partial charge in [-0.1, -0.05) is 11.2 Å². The minimum Gasteiger partial charge on any atom is -0.381 e. The first-order valence-electron chi connectivity index (χ1n) is 7.75. The van der Waals surface area contributed by atoms with Gasteiger partial charge >= 0.3 is 0 Å². The summed E-state index contributed by atoms with van der Waals surface area (Å²) in [5, 5.41) is 6.31. The molecule has 1 atom stereocenters. The smallest absolute Gasteiger partial charge is 0.263 e. The van der Waals surface area contributed by atoms with Gasteiger partial charge in [-0.3, -0.25) is 4.79 Å². The number of nitrogens with zero attached hydrogens (tertiary/aromatic N) is 2. The first kappa shape index (κ1) is 16.5. The fourth-order valence-electron chi connectivity index (χ4n) is 2.61. The molecule has 0 radical (unpaired) electrons. The molecule has 2 aromatic rings. The lowest BCUT2D eigenvalue weighted by Gasteiger charge is -2.21. The number of aromatic nitrogens is 2. The van der Waals surface area contributed by atoms with Gasteiger partial charge in [0.05, 0.1) is 6.54 Å². The van der Waals surface area contributed by atoms with E-state index in [9.17, 15) is 13.6 Å². The van der Waals surface area contributed by atoms with Crippen molar-refractivity contribution in [2.45, 2.75) is 25.8 Å². The van der Waals surface area contributed by atoms with Crippen LogP contribution in [0.4, 0.5) is 8.78 Å². The van der Waals surface area contributed by atoms with Crippen molar-refractivity contribution in [2.75, 3.05) is 13.2 Å². The Balaban J connectivity index is 1.57. The van der Waals surface area contributed by atoms with E-state index in [4.69, 9.17) is 9.26 Å². The van der Waals surface area contributed by atoms with Crippen molar-refractivity contribution in [2.24, 2.45) is 5.92 Å². The van der Waals surface area contributed by atoms with Crippen LogP contribution in [0.2, 0.25) is 0 Å². The van der Waals surface area contributed by atoms with Crippen LogP contribution in [0.1, 0.15) is 25.1 Å². The Labute approximate surface area is 137 Å². The molecule has 1 fully saturated rings. The van der Waals surface area contributed by atoms with E-state index in [1.54, 1.807) is 0 Å². The highest BCUT2D eigenvalue weighted by Crippen LogP contribution is 2.24. The lowest BCUT2D eigenvalue weighted by molar-refractivity contribution is -0.123. The van der Waals surface area contributed by atoms with Crippen molar-refractivity contribution in [3.8, 4) is 11.5 Å². The Morgan fingerprint density at radius 1 is 1.33 bits per heavy atom. The summed E-state index contributed by atoms with van der Waals surface area (Å²) in [6, 6.07) is 3.47. The third-order valence-electron chi connectivity index (χ3n) is 3.82. The third kappa shape index (κ3) is 3.94. The Hall–Kier alpha value is -2.35. The van der Waals surface area contributed by atoms with Gasteiger partial charge in [-0.2, -0.15) is 4.98 Å². The number of nitrogens with one attached hydrogen (secondary N) is 1. The van der Waals surface area contributed by atoms with Gasteiger partial charge < -0.3 is 14.6 Å². The molecule has 8 heteroatoms. The summed E-state index contributed by atoms with van der Waals surface area (Å²) in [7, 11) is 0. The summed E-state index contributed by atoms with van der Waals surface area (Å²) in [6.45, 7) is 1.37. The van der Waals surface area contributed by atoms with E-state index in [-0.39, 0.29) is 35.6 Å². The molecule has 1 aliphatic heterocycles. The number of amides is 1. The van der Waals surface area contributed by atoms with Crippen molar-refractivity contribution in [3.63, 3.8) is 0 Å². The lowest BCUT2D eigenvalue weighted by atomic mass is 9.98. The van der Waals surface area contributed by atoms with Crippen LogP contribution < -0.4 is 5.32 Å². The van der Waals surface area contributed by atoms with E-state index in [1.165, 1.54) is 6.07 Å². The van der Waals surface area contributed by atoms with E-state index >= 15 is 0 Å². The number of hydrogen-bond donors (Lipinski definition) is 1. The van der Waals surface area contributed by atoms with Crippen molar-refractivity contribution in [3.05, 3.63) is 35.7 Å². The van der Waals surface area contributed by atoms with Crippen LogP contribution >= 0.6 is 0 Å². The molecule has 128 valence electrons. The Bertz CT molecular complexity index is 694. The van der Waals surface area contributed by atoms with Gasteiger partial charge in [-0.15, -0.1) is 0 Å². The summed E-state index contributed by atoms with van der Waals surface area (Å²) in [5.74, 6) is -1.60. The quantitative estimate of drug-likeness (QED) is 0.907. The summed E-state index contributed by atoms with van der Waals surface area (Å²) in [4.78, 5) is 15.8. The van der Waals surface area contributed by atoms with Crippen LogP contribution in [0.15, 0.2) is 22.7 Å². The SMILES string of the molecule is O=C(CC1CCCOC1)NCc1noc(-c2c(F)cccc2F)n1. The molecule has 1 aromatic carbocycles. The number of carbonyl (C=O) groups excluding carboxylic acids is 1. The lowest BCUT2D eigenvalue weighted by Crippen LogP contribution is -2.28. The van der Waals surface area contributed by atoms with Crippen LogP contribution in [0, 0.1) is 17.6 Å². The Morgan fingerprint density at radius 2 is 2.12 bits per heavy atom. The van der Waals surface area contributed by atoms with Crippen LogP contribution in [-0.2, 0) is 16.1 Å². The fourth-order valence-corrected chi connectivity index (χ4v) is 2.61. The first-order valence-corrected chi connectivity index (χ1v) is 7.75. The predicted octanol–water partition coefficient (Wildman–Crippen LogP) is 2.45. The maximum absolute atomic E-state index is 13.7. The average molecular weight is 337 g/mol. The van der Waals surface area contributed by atoms with Crippen molar-refractivity contribution in [1.29, 1.82) is 0 Å². The van der Waals surface area contributed by atoms with E-state index in [1.807, 2.05) is 0 Å². The van der Waals surface area contributed by atoms with Gasteiger partial charge in [0.15, 0.2) is 5.82 Å². The van der Waals surface area contributed by atoms with E-state index in [0.29, 0.717) is 13.0 Å². The number of halogens is 2. The van der Waals surface area contributed by atoms with Crippen molar-refractivity contribution >= 4 is 5.91 Å². The van der Waals surface area contributed by atoms with Crippen LogP contribution in [0.25, 0.3) is 11.5 Å². The molecule has 2 heterocycles. The minimum atomic E-state index is -0.786. The van der Waals surface area contributed by atoms with Crippen molar-refractivity contribution in [1.82, 2.24) is 15.5 Å². The molecule has 1 N–H and O–H groups in total. The zero-order chi connectivity index (χ0) is 16.9. The summed E-state index contributed by atoms with van der Waals surface area (Å²) in [6.07, 6.45) is 2.29. The average Bonchev–Trinajstić information content (AvgIpc) is 3.02. The molecule has 0 spiro atoms. The molecule has 0 aliphatic carbocycles. The highest BCUT2D eigenvalue weighted by atomic mass is 19.1. The normalized spacial score (nSPS) is 17.7. The molecular weight excluding hydrogens is 320 g/mol. The number of hydrogen-bond acceptors (Lipinski definition) is 5. The van der Waals surface area contributed by atoms with Crippen molar-refractivity contribution < 1.29 is 22.8 Å². The second-order valence-electron chi connectivity index (χ2n) is 5.68. The maximum Gasteiger partial charge on any atom is 0.263 e.